The molecule has 7 heteroatoms. The highest BCUT2D eigenvalue weighted by atomic mass is 35.5. The topological polar surface area (TPSA) is 61.4 Å². The fourth-order valence-corrected chi connectivity index (χ4v) is 3.56. The zero-order chi connectivity index (χ0) is 19.1. The summed E-state index contributed by atoms with van der Waals surface area (Å²) in [4.78, 5) is 26.7. The first-order chi connectivity index (χ1) is 13.2. The molecule has 0 saturated carbocycles. The molecule has 0 spiro atoms. The van der Waals surface area contributed by atoms with Gasteiger partial charge < -0.3 is 15.5 Å². The fourth-order valence-electron chi connectivity index (χ4n) is 3.30. The van der Waals surface area contributed by atoms with Crippen LogP contribution in [0.4, 0.5) is 0 Å². The molecule has 150 valence electrons. The van der Waals surface area contributed by atoms with Gasteiger partial charge in [0.25, 0.3) is 5.91 Å². The van der Waals surface area contributed by atoms with E-state index in [4.69, 9.17) is 11.6 Å². The van der Waals surface area contributed by atoms with Crippen LogP contribution >= 0.6 is 24.0 Å². The minimum absolute atomic E-state index is 0. The van der Waals surface area contributed by atoms with Crippen molar-refractivity contribution in [3.05, 3.63) is 70.7 Å². The van der Waals surface area contributed by atoms with Gasteiger partial charge in [0.15, 0.2) is 0 Å². The van der Waals surface area contributed by atoms with E-state index in [1.165, 1.54) is 0 Å². The van der Waals surface area contributed by atoms with Crippen LogP contribution in [0.15, 0.2) is 54.6 Å². The third kappa shape index (κ3) is 5.71. The van der Waals surface area contributed by atoms with Gasteiger partial charge in [0, 0.05) is 43.2 Å². The molecule has 1 fully saturated rings. The first kappa shape index (κ1) is 22.2. The van der Waals surface area contributed by atoms with Gasteiger partial charge in [0.1, 0.15) is 0 Å². The zero-order valence-electron chi connectivity index (χ0n) is 15.6. The third-order valence-electron chi connectivity index (χ3n) is 4.72. The monoisotopic (exact) mass is 421 g/mol. The van der Waals surface area contributed by atoms with E-state index in [-0.39, 0.29) is 30.3 Å². The molecule has 1 heterocycles. The lowest BCUT2D eigenvalue weighted by Gasteiger charge is -2.37. The average molecular weight is 422 g/mol. The van der Waals surface area contributed by atoms with Crippen molar-refractivity contribution >= 4 is 35.8 Å². The summed E-state index contributed by atoms with van der Waals surface area (Å²) in [7, 11) is 0. The van der Waals surface area contributed by atoms with Crippen molar-refractivity contribution in [2.45, 2.75) is 18.9 Å². The molecule has 2 aromatic carbocycles. The van der Waals surface area contributed by atoms with Crippen molar-refractivity contribution in [2.75, 3.05) is 26.2 Å². The molecule has 28 heavy (non-hydrogen) atoms. The Hall–Kier alpha value is -2.08. The van der Waals surface area contributed by atoms with Crippen LogP contribution in [-0.2, 0) is 4.79 Å². The Morgan fingerprint density at radius 3 is 2.57 bits per heavy atom. The van der Waals surface area contributed by atoms with Crippen LogP contribution in [0.5, 0.6) is 0 Å². The summed E-state index contributed by atoms with van der Waals surface area (Å²) in [5, 5.41) is 6.88. The lowest BCUT2D eigenvalue weighted by atomic mass is 10.0. The number of nitrogens with zero attached hydrogens (tertiary/aromatic N) is 1. The highest BCUT2D eigenvalue weighted by Gasteiger charge is 2.28. The van der Waals surface area contributed by atoms with Crippen LogP contribution in [0.3, 0.4) is 0 Å². The fraction of sp³-hybridized carbons (Fsp3) is 0.333. The quantitative estimate of drug-likeness (QED) is 0.702. The molecule has 1 aliphatic heterocycles. The molecule has 5 nitrogen and oxygen atoms in total. The van der Waals surface area contributed by atoms with Crippen molar-refractivity contribution in [3.8, 4) is 0 Å². The average Bonchev–Trinajstić information content (AvgIpc) is 2.72. The minimum atomic E-state index is -0.112. The van der Waals surface area contributed by atoms with Crippen molar-refractivity contribution < 1.29 is 9.59 Å². The molecule has 3 rings (SSSR count). The van der Waals surface area contributed by atoms with E-state index < -0.39 is 0 Å². The molecule has 1 saturated heterocycles. The Morgan fingerprint density at radius 2 is 1.82 bits per heavy atom. The first-order valence-electron chi connectivity index (χ1n) is 9.24. The molecule has 2 N–H and O–H groups in total. The number of rotatable bonds is 6. The molecule has 1 atom stereocenters. The van der Waals surface area contributed by atoms with Crippen molar-refractivity contribution in [2.24, 2.45) is 0 Å². The van der Waals surface area contributed by atoms with Crippen LogP contribution in [0.2, 0.25) is 5.02 Å². The second-order valence-electron chi connectivity index (χ2n) is 6.55. The number of hydrogen-bond acceptors (Lipinski definition) is 3. The molecule has 0 aromatic heterocycles. The number of carbonyl (C=O) groups excluding carboxylic acids is 2. The van der Waals surface area contributed by atoms with Gasteiger partial charge >= 0.3 is 0 Å². The Labute approximate surface area is 176 Å². The number of halogens is 2. The van der Waals surface area contributed by atoms with Crippen LogP contribution in [-0.4, -0.2) is 42.9 Å². The Balaban J connectivity index is 0.00000280. The maximum absolute atomic E-state index is 12.8. The number of hydrogen-bond donors (Lipinski definition) is 2. The van der Waals surface area contributed by atoms with Gasteiger partial charge in [-0.3, -0.25) is 9.59 Å². The summed E-state index contributed by atoms with van der Waals surface area (Å²) in [5.41, 5.74) is 1.60. The van der Waals surface area contributed by atoms with Crippen LogP contribution in [0.1, 0.15) is 34.8 Å². The number of piperazine rings is 1. The smallest absolute Gasteiger partial charge is 0.251 e. The lowest BCUT2D eigenvalue weighted by molar-refractivity contribution is -0.134. The molecular formula is C21H25Cl2N3O2. The van der Waals surface area contributed by atoms with Crippen molar-refractivity contribution in [3.63, 3.8) is 0 Å². The van der Waals surface area contributed by atoms with Gasteiger partial charge in [0.05, 0.1) is 6.04 Å². The molecule has 2 amide bonds. The van der Waals surface area contributed by atoms with E-state index in [1.54, 1.807) is 12.1 Å². The van der Waals surface area contributed by atoms with Crippen molar-refractivity contribution in [1.82, 2.24) is 15.5 Å². The van der Waals surface area contributed by atoms with E-state index in [0.717, 1.165) is 12.1 Å². The summed E-state index contributed by atoms with van der Waals surface area (Å²) in [6, 6.07) is 16.7. The summed E-state index contributed by atoms with van der Waals surface area (Å²) in [6.45, 7) is 2.60. The van der Waals surface area contributed by atoms with E-state index >= 15 is 0 Å². The van der Waals surface area contributed by atoms with Gasteiger partial charge in [-0.25, -0.2) is 0 Å². The first-order valence-corrected chi connectivity index (χ1v) is 9.62. The van der Waals surface area contributed by atoms with E-state index in [1.807, 2.05) is 47.4 Å². The predicted octanol–water partition coefficient (Wildman–Crippen LogP) is 3.44. The number of benzene rings is 2. The summed E-state index contributed by atoms with van der Waals surface area (Å²) >= 11 is 6.33. The van der Waals surface area contributed by atoms with E-state index in [2.05, 4.69) is 10.6 Å². The van der Waals surface area contributed by atoms with Crippen LogP contribution < -0.4 is 10.6 Å². The number of amides is 2. The van der Waals surface area contributed by atoms with Gasteiger partial charge in [0.2, 0.25) is 5.91 Å². The Morgan fingerprint density at radius 1 is 1.11 bits per heavy atom. The zero-order valence-corrected chi connectivity index (χ0v) is 17.1. The van der Waals surface area contributed by atoms with Crippen LogP contribution in [0.25, 0.3) is 0 Å². The van der Waals surface area contributed by atoms with Crippen molar-refractivity contribution in [1.29, 1.82) is 0 Å². The maximum Gasteiger partial charge on any atom is 0.251 e. The predicted molar refractivity (Wildman–Crippen MR) is 114 cm³/mol. The normalized spacial score (nSPS) is 16.2. The highest BCUT2D eigenvalue weighted by Crippen LogP contribution is 2.29. The summed E-state index contributed by atoms with van der Waals surface area (Å²) < 4.78 is 0. The molecule has 0 aliphatic carbocycles. The summed E-state index contributed by atoms with van der Waals surface area (Å²) in [5.74, 6) is -0.0189. The van der Waals surface area contributed by atoms with Gasteiger partial charge in [-0.05, 0) is 30.2 Å². The van der Waals surface area contributed by atoms with E-state index in [9.17, 15) is 9.59 Å². The third-order valence-corrected chi connectivity index (χ3v) is 5.06. The Kier molecular flexibility index (Phi) is 8.77. The molecule has 2 aromatic rings. The largest absolute Gasteiger partial charge is 0.352 e. The van der Waals surface area contributed by atoms with Gasteiger partial charge in [-0.15, -0.1) is 12.4 Å². The number of carbonyl (C=O) groups is 2. The second-order valence-corrected chi connectivity index (χ2v) is 6.96. The molecule has 1 unspecified atom stereocenters. The lowest BCUT2D eigenvalue weighted by Crippen LogP contribution is -2.48. The summed E-state index contributed by atoms with van der Waals surface area (Å²) in [6.07, 6.45) is 1.01. The standard InChI is InChI=1S/C21H24ClN3O2.ClH/c22-18-10-5-4-9-17(18)19-15-23-13-14-25(19)20(26)11-6-12-24-21(27)16-7-2-1-3-8-16;/h1-5,7-10,19,23H,6,11-15H2,(H,24,27);1H. The van der Waals surface area contributed by atoms with Gasteiger partial charge in [-0.2, -0.15) is 0 Å². The molecular weight excluding hydrogens is 397 g/mol. The SMILES string of the molecule is Cl.O=C(NCCCC(=O)N1CCNCC1c1ccccc1Cl)c1ccccc1. The molecule has 0 radical (unpaired) electrons. The number of nitrogens with one attached hydrogen (secondary N) is 2. The minimum Gasteiger partial charge on any atom is -0.352 e. The van der Waals surface area contributed by atoms with Gasteiger partial charge in [-0.1, -0.05) is 48.0 Å². The maximum atomic E-state index is 12.8. The highest BCUT2D eigenvalue weighted by molar-refractivity contribution is 6.31. The Bertz CT molecular complexity index is 786. The molecule has 1 aliphatic rings. The van der Waals surface area contributed by atoms with Crippen LogP contribution in [0, 0.1) is 0 Å². The van der Waals surface area contributed by atoms with E-state index in [0.29, 0.717) is 43.1 Å². The second kappa shape index (κ2) is 11.1. The molecule has 0 bridgehead atoms.